The number of aromatic carboxylic acids is 1. The fourth-order valence-electron chi connectivity index (χ4n) is 3.01. The number of carboxylic acids is 1. The summed E-state index contributed by atoms with van der Waals surface area (Å²) >= 11 is 0. The van der Waals surface area contributed by atoms with Gasteiger partial charge in [0.25, 0.3) is 0 Å². The van der Waals surface area contributed by atoms with Gasteiger partial charge in [-0.1, -0.05) is 13.8 Å². The van der Waals surface area contributed by atoms with E-state index >= 15 is 0 Å². The molecule has 0 atom stereocenters. The molecule has 104 valence electrons. The van der Waals surface area contributed by atoms with E-state index in [1.807, 2.05) is 0 Å². The number of hydrogen-bond donors (Lipinski definition) is 1. The molecular weight excluding hydrogens is 254 g/mol. The third-order valence-corrected chi connectivity index (χ3v) is 4.15. The quantitative estimate of drug-likeness (QED) is 0.911. The lowest BCUT2D eigenvalue weighted by Gasteiger charge is -2.19. The Kier molecular flexibility index (Phi) is 2.71. The average Bonchev–Trinajstić information content (AvgIpc) is 2.71. The maximum absolute atomic E-state index is 11.7. The first-order valence-electron chi connectivity index (χ1n) is 6.68. The zero-order chi connectivity index (χ0) is 14.5. The molecule has 4 heteroatoms. The Bertz CT molecular complexity index is 719. The van der Waals surface area contributed by atoms with Crippen molar-refractivity contribution in [2.75, 3.05) is 7.11 Å². The molecule has 0 fully saturated rings. The molecule has 1 aromatic heterocycles. The number of benzene rings is 1. The summed E-state index contributed by atoms with van der Waals surface area (Å²) in [7, 11) is 1.59. The lowest BCUT2D eigenvalue weighted by molar-refractivity contribution is 0.0698. The molecule has 0 bridgehead atoms. The summed E-state index contributed by atoms with van der Waals surface area (Å²) in [6.07, 6.45) is 1.71. The van der Waals surface area contributed by atoms with E-state index in [4.69, 9.17) is 9.72 Å². The van der Waals surface area contributed by atoms with Crippen molar-refractivity contribution >= 4 is 16.9 Å². The summed E-state index contributed by atoms with van der Waals surface area (Å²) in [6, 6.07) is 5.37. The predicted octanol–water partition coefficient (Wildman–Crippen LogP) is 3.17. The van der Waals surface area contributed by atoms with Crippen molar-refractivity contribution < 1.29 is 14.6 Å². The standard InChI is InChI=1S/C16H17NO3/c1-16(2)7-6-11-13(15(18)19)10-5-4-9(20-3)8-12(10)17-14(11)16/h4-5,8H,6-7H2,1-3H3,(H,18,19). The smallest absolute Gasteiger partial charge is 0.336 e. The van der Waals surface area contributed by atoms with E-state index in [-0.39, 0.29) is 5.41 Å². The first kappa shape index (κ1) is 12.9. The van der Waals surface area contributed by atoms with Crippen LogP contribution in [0.25, 0.3) is 10.9 Å². The Morgan fingerprint density at radius 1 is 1.40 bits per heavy atom. The topological polar surface area (TPSA) is 59.4 Å². The lowest BCUT2D eigenvalue weighted by atomic mass is 9.89. The molecule has 0 spiro atoms. The Hall–Kier alpha value is -2.10. The summed E-state index contributed by atoms with van der Waals surface area (Å²) in [6.45, 7) is 4.23. The van der Waals surface area contributed by atoms with E-state index in [1.165, 1.54) is 0 Å². The van der Waals surface area contributed by atoms with Crippen LogP contribution in [0, 0.1) is 0 Å². The second-order valence-corrected chi connectivity index (χ2v) is 5.89. The number of pyridine rings is 1. The summed E-state index contributed by atoms with van der Waals surface area (Å²) < 4.78 is 5.21. The zero-order valence-electron chi connectivity index (χ0n) is 11.9. The van der Waals surface area contributed by atoms with Crippen molar-refractivity contribution in [3.05, 3.63) is 35.0 Å². The molecule has 0 amide bonds. The predicted molar refractivity (Wildman–Crippen MR) is 76.6 cm³/mol. The third kappa shape index (κ3) is 1.75. The van der Waals surface area contributed by atoms with Crippen LogP contribution in [0.2, 0.25) is 0 Å². The van der Waals surface area contributed by atoms with Crippen molar-refractivity contribution in [2.24, 2.45) is 0 Å². The van der Waals surface area contributed by atoms with Gasteiger partial charge in [0.1, 0.15) is 5.75 Å². The molecule has 0 unspecified atom stereocenters. The molecular formula is C16H17NO3. The minimum Gasteiger partial charge on any atom is -0.497 e. The van der Waals surface area contributed by atoms with E-state index in [0.717, 1.165) is 24.1 Å². The SMILES string of the molecule is COc1ccc2c(C(=O)O)c3c(nc2c1)C(C)(C)CC3. The number of methoxy groups -OCH3 is 1. The largest absolute Gasteiger partial charge is 0.497 e. The van der Waals surface area contributed by atoms with Gasteiger partial charge in [-0.2, -0.15) is 0 Å². The molecule has 0 saturated carbocycles. The van der Waals surface area contributed by atoms with E-state index in [9.17, 15) is 9.90 Å². The number of fused-ring (bicyclic) bond motifs is 2. The molecule has 0 saturated heterocycles. The number of carboxylic acid groups (broad SMARTS) is 1. The van der Waals surface area contributed by atoms with Crippen molar-refractivity contribution in [2.45, 2.75) is 32.1 Å². The molecule has 20 heavy (non-hydrogen) atoms. The number of nitrogens with zero attached hydrogens (tertiary/aromatic N) is 1. The molecule has 0 radical (unpaired) electrons. The molecule has 1 aromatic carbocycles. The zero-order valence-corrected chi connectivity index (χ0v) is 11.9. The van der Waals surface area contributed by atoms with Gasteiger partial charge in [0, 0.05) is 16.9 Å². The Morgan fingerprint density at radius 2 is 2.15 bits per heavy atom. The van der Waals surface area contributed by atoms with Gasteiger partial charge in [0.05, 0.1) is 23.9 Å². The number of rotatable bonds is 2. The molecule has 0 aliphatic heterocycles. The van der Waals surface area contributed by atoms with Gasteiger partial charge in [-0.15, -0.1) is 0 Å². The normalized spacial score (nSPS) is 16.1. The molecule has 1 aliphatic rings. The van der Waals surface area contributed by atoms with Gasteiger partial charge in [0.2, 0.25) is 0 Å². The number of aromatic nitrogens is 1. The summed E-state index contributed by atoms with van der Waals surface area (Å²) in [4.78, 5) is 16.4. The van der Waals surface area contributed by atoms with Gasteiger partial charge >= 0.3 is 5.97 Å². The van der Waals surface area contributed by atoms with Crippen LogP contribution in [0.1, 0.15) is 41.9 Å². The number of carbonyl (C=O) groups is 1. The Morgan fingerprint density at radius 3 is 2.80 bits per heavy atom. The van der Waals surface area contributed by atoms with Crippen molar-refractivity contribution in [1.82, 2.24) is 4.98 Å². The third-order valence-electron chi connectivity index (χ3n) is 4.15. The summed E-state index contributed by atoms with van der Waals surface area (Å²) in [5.74, 6) is -0.186. The van der Waals surface area contributed by atoms with Crippen molar-refractivity contribution in [3.8, 4) is 5.75 Å². The fourth-order valence-corrected chi connectivity index (χ4v) is 3.01. The van der Waals surface area contributed by atoms with Crippen LogP contribution in [-0.4, -0.2) is 23.2 Å². The molecule has 4 nitrogen and oxygen atoms in total. The number of hydrogen-bond acceptors (Lipinski definition) is 3. The van der Waals surface area contributed by atoms with Crippen LogP contribution in [0.15, 0.2) is 18.2 Å². The van der Waals surface area contributed by atoms with Gasteiger partial charge < -0.3 is 9.84 Å². The van der Waals surface area contributed by atoms with Crippen LogP contribution in [0.4, 0.5) is 0 Å². The molecule has 1 heterocycles. The Balaban J connectivity index is 2.40. The highest BCUT2D eigenvalue weighted by Gasteiger charge is 2.35. The van der Waals surface area contributed by atoms with E-state index in [1.54, 1.807) is 25.3 Å². The maximum atomic E-state index is 11.7. The number of ether oxygens (including phenoxy) is 1. The minimum atomic E-state index is -0.878. The van der Waals surface area contributed by atoms with Gasteiger partial charge in [-0.25, -0.2) is 4.79 Å². The monoisotopic (exact) mass is 271 g/mol. The van der Waals surface area contributed by atoms with E-state index < -0.39 is 5.97 Å². The Labute approximate surface area is 117 Å². The van der Waals surface area contributed by atoms with Crippen molar-refractivity contribution in [1.29, 1.82) is 0 Å². The first-order valence-corrected chi connectivity index (χ1v) is 6.68. The van der Waals surface area contributed by atoms with E-state index in [0.29, 0.717) is 22.2 Å². The van der Waals surface area contributed by atoms with Crippen LogP contribution < -0.4 is 4.74 Å². The molecule has 3 rings (SSSR count). The van der Waals surface area contributed by atoms with Gasteiger partial charge in [0.15, 0.2) is 0 Å². The van der Waals surface area contributed by atoms with Gasteiger partial charge in [-0.3, -0.25) is 4.98 Å². The second-order valence-electron chi connectivity index (χ2n) is 5.89. The highest BCUT2D eigenvalue weighted by Crippen LogP contribution is 2.41. The maximum Gasteiger partial charge on any atom is 0.336 e. The minimum absolute atomic E-state index is 0.0726. The average molecular weight is 271 g/mol. The first-order chi connectivity index (χ1) is 9.44. The van der Waals surface area contributed by atoms with Crippen LogP contribution in [0.3, 0.4) is 0 Å². The van der Waals surface area contributed by atoms with Crippen LogP contribution in [0.5, 0.6) is 5.75 Å². The molecule has 2 aromatic rings. The molecule has 1 aliphatic carbocycles. The van der Waals surface area contributed by atoms with Crippen LogP contribution >= 0.6 is 0 Å². The van der Waals surface area contributed by atoms with Crippen LogP contribution in [-0.2, 0) is 11.8 Å². The van der Waals surface area contributed by atoms with E-state index in [2.05, 4.69) is 13.8 Å². The highest BCUT2D eigenvalue weighted by atomic mass is 16.5. The lowest BCUT2D eigenvalue weighted by Crippen LogP contribution is -2.15. The highest BCUT2D eigenvalue weighted by molar-refractivity contribution is 6.04. The summed E-state index contributed by atoms with van der Waals surface area (Å²) in [5, 5.41) is 10.3. The molecule has 1 N–H and O–H groups in total. The summed E-state index contributed by atoms with van der Waals surface area (Å²) in [5.41, 5.74) is 2.82. The van der Waals surface area contributed by atoms with Gasteiger partial charge in [-0.05, 0) is 30.5 Å². The fraction of sp³-hybridized carbons (Fsp3) is 0.375. The van der Waals surface area contributed by atoms with Crippen molar-refractivity contribution in [3.63, 3.8) is 0 Å². The second kappa shape index (κ2) is 4.20.